The van der Waals surface area contributed by atoms with E-state index in [1.807, 2.05) is 0 Å². The Morgan fingerprint density at radius 2 is 2.21 bits per heavy atom. The first kappa shape index (κ1) is 19.2. The standard InChI is InChI=1S/C21H20FN3O4/c22-15-3-1-2-14-13(8-12-4-5-19(27)23-10-12)9-17(24-20(14)15)21(28)25-16-6-7-29-11-18(16)26/h1-5,9-10,16,18,26H,6-8,11H2,(H,23,27)(H,25,28)/t16-,18-/m0/s1. The molecule has 1 aliphatic heterocycles. The van der Waals surface area contributed by atoms with E-state index in [9.17, 15) is 19.1 Å². The molecule has 3 N–H and O–H groups in total. The third kappa shape index (κ3) is 4.18. The molecule has 0 radical (unpaired) electrons. The van der Waals surface area contributed by atoms with E-state index in [4.69, 9.17) is 4.74 Å². The van der Waals surface area contributed by atoms with Crippen LogP contribution < -0.4 is 10.9 Å². The van der Waals surface area contributed by atoms with Crippen LogP contribution in [-0.4, -0.2) is 46.3 Å². The van der Waals surface area contributed by atoms with Crippen molar-refractivity contribution in [3.05, 3.63) is 75.6 Å². The highest BCUT2D eigenvalue weighted by Crippen LogP contribution is 2.23. The molecule has 1 fully saturated rings. The molecule has 7 nitrogen and oxygen atoms in total. The number of hydrogen-bond acceptors (Lipinski definition) is 5. The summed E-state index contributed by atoms with van der Waals surface area (Å²) in [7, 11) is 0. The van der Waals surface area contributed by atoms with Crippen LogP contribution in [0.15, 0.2) is 47.4 Å². The highest BCUT2D eigenvalue weighted by Gasteiger charge is 2.26. The van der Waals surface area contributed by atoms with E-state index in [0.29, 0.717) is 30.4 Å². The number of amides is 1. The van der Waals surface area contributed by atoms with Crippen LogP contribution in [0.25, 0.3) is 10.9 Å². The predicted octanol–water partition coefficient (Wildman–Crippen LogP) is 1.53. The second-order valence-electron chi connectivity index (χ2n) is 7.05. The second-order valence-corrected chi connectivity index (χ2v) is 7.05. The normalized spacial score (nSPS) is 19.2. The van der Waals surface area contributed by atoms with Crippen LogP contribution in [0.3, 0.4) is 0 Å². The molecule has 8 heteroatoms. The lowest BCUT2D eigenvalue weighted by atomic mass is 10.0. The van der Waals surface area contributed by atoms with E-state index in [2.05, 4.69) is 15.3 Å². The van der Waals surface area contributed by atoms with Crippen LogP contribution in [0.4, 0.5) is 4.39 Å². The fraction of sp³-hybridized carbons (Fsp3) is 0.286. The molecule has 150 valence electrons. The van der Waals surface area contributed by atoms with Crippen LogP contribution in [0.5, 0.6) is 0 Å². The Hall–Kier alpha value is -3.10. The lowest BCUT2D eigenvalue weighted by molar-refractivity contribution is -0.0261. The number of fused-ring (bicyclic) bond motifs is 1. The average Bonchev–Trinajstić information content (AvgIpc) is 2.72. The lowest BCUT2D eigenvalue weighted by Gasteiger charge is -2.28. The summed E-state index contributed by atoms with van der Waals surface area (Å²) in [5.41, 5.74) is 1.48. The zero-order valence-corrected chi connectivity index (χ0v) is 15.5. The first-order chi connectivity index (χ1) is 14.0. The maximum absolute atomic E-state index is 14.4. The molecule has 1 saturated heterocycles. The van der Waals surface area contributed by atoms with Gasteiger partial charge in [0.2, 0.25) is 5.56 Å². The topological polar surface area (TPSA) is 104 Å². The fourth-order valence-electron chi connectivity index (χ4n) is 3.45. The summed E-state index contributed by atoms with van der Waals surface area (Å²) in [6, 6.07) is 8.90. The summed E-state index contributed by atoms with van der Waals surface area (Å²) in [6.45, 7) is 0.599. The van der Waals surface area contributed by atoms with Gasteiger partial charge < -0.3 is 20.1 Å². The van der Waals surface area contributed by atoms with Crippen molar-refractivity contribution < 1.29 is 19.0 Å². The molecule has 0 spiro atoms. The highest BCUT2D eigenvalue weighted by molar-refractivity contribution is 5.96. The van der Waals surface area contributed by atoms with Gasteiger partial charge in [-0.1, -0.05) is 18.2 Å². The Balaban J connectivity index is 1.70. The molecule has 0 saturated carbocycles. The number of nitrogens with zero attached hydrogens (tertiary/aromatic N) is 1. The molecule has 29 heavy (non-hydrogen) atoms. The number of aromatic amines is 1. The zero-order chi connectivity index (χ0) is 20.4. The summed E-state index contributed by atoms with van der Waals surface area (Å²) in [6.07, 6.45) is 1.66. The predicted molar refractivity (Wildman–Crippen MR) is 104 cm³/mol. The Kier molecular flexibility index (Phi) is 5.37. The Morgan fingerprint density at radius 3 is 2.97 bits per heavy atom. The van der Waals surface area contributed by atoms with Crippen LogP contribution in [0.1, 0.15) is 28.0 Å². The smallest absolute Gasteiger partial charge is 0.270 e. The number of hydrogen-bond donors (Lipinski definition) is 3. The number of pyridine rings is 2. The summed E-state index contributed by atoms with van der Waals surface area (Å²) in [4.78, 5) is 30.9. The summed E-state index contributed by atoms with van der Waals surface area (Å²) >= 11 is 0. The van der Waals surface area contributed by atoms with Crippen LogP contribution >= 0.6 is 0 Å². The maximum Gasteiger partial charge on any atom is 0.270 e. The molecule has 0 aliphatic carbocycles. The summed E-state index contributed by atoms with van der Waals surface area (Å²) in [5.74, 6) is -1.00. The van der Waals surface area contributed by atoms with Gasteiger partial charge in [0.1, 0.15) is 17.0 Å². The lowest BCUT2D eigenvalue weighted by Crippen LogP contribution is -2.48. The van der Waals surface area contributed by atoms with E-state index >= 15 is 0 Å². The number of para-hydroxylation sites is 1. The van der Waals surface area contributed by atoms with Crippen LogP contribution in [0, 0.1) is 5.82 Å². The molecule has 2 atom stereocenters. The quantitative estimate of drug-likeness (QED) is 0.619. The first-order valence-corrected chi connectivity index (χ1v) is 9.34. The number of carbonyl (C=O) groups excluding carboxylic acids is 1. The Labute approximate surface area is 165 Å². The van der Waals surface area contributed by atoms with Gasteiger partial charge in [0.15, 0.2) is 0 Å². The second kappa shape index (κ2) is 8.10. The summed E-state index contributed by atoms with van der Waals surface area (Å²) in [5, 5.41) is 13.4. The van der Waals surface area contributed by atoms with E-state index < -0.39 is 23.9 Å². The molecule has 0 unspecified atom stereocenters. The monoisotopic (exact) mass is 397 g/mol. The first-order valence-electron chi connectivity index (χ1n) is 9.34. The number of ether oxygens (including phenoxy) is 1. The number of halogens is 1. The fourth-order valence-corrected chi connectivity index (χ4v) is 3.45. The van der Waals surface area contributed by atoms with Gasteiger partial charge in [-0.05, 0) is 36.1 Å². The largest absolute Gasteiger partial charge is 0.389 e. The van der Waals surface area contributed by atoms with Gasteiger partial charge in [0.05, 0.1) is 18.8 Å². The number of nitrogens with one attached hydrogen (secondary N) is 2. The van der Waals surface area contributed by atoms with Gasteiger partial charge in [-0.25, -0.2) is 9.37 Å². The van der Waals surface area contributed by atoms with Crippen molar-refractivity contribution in [3.8, 4) is 0 Å². The molecule has 1 aromatic carbocycles. The van der Waals surface area contributed by atoms with E-state index in [1.165, 1.54) is 12.1 Å². The Bertz CT molecular complexity index is 1090. The average molecular weight is 397 g/mol. The van der Waals surface area contributed by atoms with Crippen molar-refractivity contribution in [1.82, 2.24) is 15.3 Å². The van der Waals surface area contributed by atoms with Gasteiger partial charge in [-0.2, -0.15) is 0 Å². The zero-order valence-electron chi connectivity index (χ0n) is 15.5. The number of rotatable bonds is 4. The van der Waals surface area contributed by atoms with Gasteiger partial charge in [0.25, 0.3) is 5.91 Å². The van der Waals surface area contributed by atoms with Gasteiger partial charge in [0, 0.05) is 24.3 Å². The molecule has 1 aliphatic rings. The Morgan fingerprint density at radius 1 is 1.34 bits per heavy atom. The van der Waals surface area contributed by atoms with Crippen molar-refractivity contribution in [2.24, 2.45) is 0 Å². The minimum absolute atomic E-state index is 0.0701. The molecular weight excluding hydrogens is 377 g/mol. The number of aromatic nitrogens is 2. The SMILES string of the molecule is O=C(N[C@H]1CCOC[C@@H]1O)c1cc(Cc2ccc(=O)[nH]c2)c2cccc(F)c2n1. The maximum atomic E-state index is 14.4. The number of benzene rings is 1. The third-order valence-corrected chi connectivity index (χ3v) is 4.99. The van der Waals surface area contributed by atoms with Crippen molar-refractivity contribution in [3.63, 3.8) is 0 Å². The molecule has 2 aromatic heterocycles. The number of aliphatic hydroxyl groups excluding tert-OH is 1. The van der Waals surface area contributed by atoms with Crippen LogP contribution in [-0.2, 0) is 11.2 Å². The molecule has 0 bridgehead atoms. The van der Waals surface area contributed by atoms with Gasteiger partial charge in [-0.15, -0.1) is 0 Å². The van der Waals surface area contributed by atoms with Crippen molar-refractivity contribution in [1.29, 1.82) is 0 Å². The van der Waals surface area contributed by atoms with E-state index in [0.717, 1.165) is 5.56 Å². The minimum Gasteiger partial charge on any atom is -0.389 e. The van der Waals surface area contributed by atoms with Crippen molar-refractivity contribution >= 4 is 16.8 Å². The molecular formula is C21H20FN3O4. The van der Waals surface area contributed by atoms with Crippen LogP contribution in [0.2, 0.25) is 0 Å². The number of carbonyl (C=O) groups is 1. The molecule has 1 amide bonds. The molecule has 4 rings (SSSR count). The third-order valence-electron chi connectivity index (χ3n) is 4.99. The van der Waals surface area contributed by atoms with E-state index in [1.54, 1.807) is 30.5 Å². The number of H-pyrrole nitrogens is 1. The number of aliphatic hydroxyl groups is 1. The van der Waals surface area contributed by atoms with Crippen molar-refractivity contribution in [2.75, 3.05) is 13.2 Å². The van der Waals surface area contributed by atoms with Gasteiger partial charge >= 0.3 is 0 Å². The minimum atomic E-state index is -0.800. The van der Waals surface area contributed by atoms with E-state index in [-0.39, 0.29) is 23.4 Å². The molecule has 3 aromatic rings. The van der Waals surface area contributed by atoms with Crippen molar-refractivity contribution in [2.45, 2.75) is 25.0 Å². The van der Waals surface area contributed by atoms with Gasteiger partial charge in [-0.3, -0.25) is 9.59 Å². The molecule has 3 heterocycles. The summed E-state index contributed by atoms with van der Waals surface area (Å²) < 4.78 is 19.6. The highest BCUT2D eigenvalue weighted by atomic mass is 19.1.